The van der Waals surface area contributed by atoms with Crippen LogP contribution in [0.15, 0.2) is 18.2 Å². The molecular weight excluding hydrogens is 182 g/mol. The first kappa shape index (κ1) is 12.1. The maximum Gasteiger partial charge on any atom is 0.0437 e. The smallest absolute Gasteiger partial charge is 0.0437 e. The Bertz CT molecular complexity index is 298. The number of nitrogens with zero attached hydrogens (tertiary/aromatic N) is 1. The third kappa shape index (κ3) is 2.53. The van der Waals surface area contributed by atoms with Gasteiger partial charge >= 0.3 is 0 Å². The summed E-state index contributed by atoms with van der Waals surface area (Å²) in [5, 5.41) is 0. The van der Waals surface area contributed by atoms with Crippen molar-refractivity contribution in [3.63, 3.8) is 0 Å². The molecule has 1 heteroatoms. The van der Waals surface area contributed by atoms with Gasteiger partial charge in [0.1, 0.15) is 0 Å². The van der Waals surface area contributed by atoms with Crippen molar-refractivity contribution in [3.8, 4) is 0 Å². The van der Waals surface area contributed by atoms with Crippen molar-refractivity contribution >= 4 is 5.69 Å². The Labute approximate surface area is 94.1 Å². The van der Waals surface area contributed by atoms with Crippen LogP contribution in [0, 0.1) is 14.1 Å². The Kier molecular flexibility index (Phi) is 3.78. The second kappa shape index (κ2) is 4.69. The lowest BCUT2D eigenvalue weighted by molar-refractivity contribution is 0.829. The normalized spacial score (nSPS) is 11.2. The highest BCUT2D eigenvalue weighted by Crippen LogP contribution is 2.34. The van der Waals surface area contributed by atoms with E-state index >= 15 is 0 Å². The van der Waals surface area contributed by atoms with Crippen molar-refractivity contribution in [2.45, 2.75) is 39.5 Å². The third-order valence-electron chi connectivity index (χ3n) is 2.66. The molecule has 0 saturated carbocycles. The van der Waals surface area contributed by atoms with E-state index in [0.717, 1.165) is 0 Å². The van der Waals surface area contributed by atoms with Crippen LogP contribution < -0.4 is 4.90 Å². The third-order valence-corrected chi connectivity index (χ3v) is 2.66. The lowest BCUT2D eigenvalue weighted by atomic mass is 9.92. The lowest BCUT2D eigenvalue weighted by Gasteiger charge is -2.24. The van der Waals surface area contributed by atoms with E-state index in [1.807, 2.05) is 0 Å². The van der Waals surface area contributed by atoms with Gasteiger partial charge in [0.2, 0.25) is 0 Å². The number of rotatable bonds is 3. The predicted molar refractivity (Wildman–Crippen MR) is 67.8 cm³/mol. The minimum atomic E-state index is 0.504. The van der Waals surface area contributed by atoms with Gasteiger partial charge in [0.05, 0.1) is 0 Å². The quantitative estimate of drug-likeness (QED) is 0.707. The van der Waals surface area contributed by atoms with Crippen LogP contribution in [0.2, 0.25) is 0 Å². The van der Waals surface area contributed by atoms with E-state index in [4.69, 9.17) is 0 Å². The van der Waals surface area contributed by atoms with Crippen molar-refractivity contribution in [1.82, 2.24) is 0 Å². The average molecular weight is 203 g/mol. The zero-order valence-corrected chi connectivity index (χ0v) is 10.2. The summed E-state index contributed by atoms with van der Waals surface area (Å²) in [6.45, 7) is 8.80. The molecule has 0 aliphatic carbocycles. The molecule has 0 bridgehead atoms. The van der Waals surface area contributed by atoms with Crippen LogP contribution in [0.25, 0.3) is 0 Å². The van der Waals surface area contributed by atoms with E-state index in [0.29, 0.717) is 11.8 Å². The average Bonchev–Trinajstić information content (AvgIpc) is 2.16. The highest BCUT2D eigenvalue weighted by atomic mass is 15.1. The summed E-state index contributed by atoms with van der Waals surface area (Å²) in [4.78, 5) is 1.74. The molecule has 0 saturated heterocycles. The van der Waals surface area contributed by atoms with Crippen molar-refractivity contribution in [2.75, 3.05) is 4.90 Å². The zero-order chi connectivity index (χ0) is 11.6. The van der Waals surface area contributed by atoms with Crippen LogP contribution in [-0.2, 0) is 0 Å². The first-order valence-corrected chi connectivity index (χ1v) is 5.49. The summed E-state index contributed by atoms with van der Waals surface area (Å²) in [5.74, 6) is 1.01. The molecule has 0 fully saturated rings. The molecule has 0 N–H and O–H groups in total. The van der Waals surface area contributed by atoms with Crippen molar-refractivity contribution in [3.05, 3.63) is 43.4 Å². The van der Waals surface area contributed by atoms with E-state index in [-0.39, 0.29) is 0 Å². The summed E-state index contributed by atoms with van der Waals surface area (Å²) < 4.78 is 0. The number of benzene rings is 1. The van der Waals surface area contributed by atoms with E-state index in [2.05, 4.69) is 60.0 Å². The molecule has 0 amide bonds. The van der Waals surface area contributed by atoms with Crippen molar-refractivity contribution < 1.29 is 0 Å². The molecule has 15 heavy (non-hydrogen) atoms. The van der Waals surface area contributed by atoms with E-state index < -0.39 is 0 Å². The van der Waals surface area contributed by atoms with Crippen LogP contribution in [-0.4, -0.2) is 0 Å². The largest absolute Gasteiger partial charge is 0.368 e. The minimum absolute atomic E-state index is 0.504. The Morgan fingerprint density at radius 3 is 1.60 bits per heavy atom. The SMILES string of the molecule is [CH2]N([CH2])c1c(C(C)C)cccc1C(C)C. The molecule has 1 aromatic rings. The van der Waals surface area contributed by atoms with Gasteiger partial charge in [-0.25, -0.2) is 0 Å². The van der Waals surface area contributed by atoms with Gasteiger partial charge in [-0.15, -0.1) is 0 Å². The number of hydrogen-bond donors (Lipinski definition) is 0. The van der Waals surface area contributed by atoms with Crippen LogP contribution in [0.1, 0.15) is 50.7 Å². The summed E-state index contributed by atoms with van der Waals surface area (Å²) in [5.41, 5.74) is 3.83. The summed E-state index contributed by atoms with van der Waals surface area (Å²) in [6, 6.07) is 6.45. The van der Waals surface area contributed by atoms with Crippen molar-refractivity contribution in [2.24, 2.45) is 0 Å². The minimum Gasteiger partial charge on any atom is -0.368 e. The van der Waals surface area contributed by atoms with Crippen LogP contribution in [0.5, 0.6) is 0 Å². The molecule has 0 unspecified atom stereocenters. The van der Waals surface area contributed by atoms with Gasteiger partial charge < -0.3 is 4.90 Å². The standard InChI is InChI=1S/C14H21N/c1-10(2)12-8-7-9-13(11(3)4)14(12)15(5)6/h7-11H,5-6H2,1-4H3. The zero-order valence-electron chi connectivity index (χ0n) is 10.2. The fourth-order valence-electron chi connectivity index (χ4n) is 1.88. The molecule has 0 aromatic heterocycles. The topological polar surface area (TPSA) is 3.24 Å². The lowest BCUT2D eigenvalue weighted by Crippen LogP contribution is -2.10. The van der Waals surface area contributed by atoms with Crippen LogP contribution in [0.3, 0.4) is 0 Å². The molecule has 0 aliphatic rings. The maximum absolute atomic E-state index is 3.92. The maximum atomic E-state index is 3.92. The molecule has 1 aromatic carbocycles. The molecule has 2 radical (unpaired) electrons. The van der Waals surface area contributed by atoms with Gasteiger partial charge in [0.25, 0.3) is 0 Å². The molecule has 1 nitrogen and oxygen atoms in total. The van der Waals surface area contributed by atoms with Gasteiger partial charge in [-0.3, -0.25) is 0 Å². The summed E-state index contributed by atoms with van der Waals surface area (Å²) in [6.07, 6.45) is 0. The highest BCUT2D eigenvalue weighted by molar-refractivity contribution is 5.62. The fourth-order valence-corrected chi connectivity index (χ4v) is 1.88. The molecular formula is C14H21N. The summed E-state index contributed by atoms with van der Waals surface area (Å²) in [7, 11) is 7.83. The van der Waals surface area contributed by atoms with Gasteiger partial charge in [0.15, 0.2) is 0 Å². The molecule has 0 spiro atoms. The Morgan fingerprint density at radius 2 is 1.33 bits per heavy atom. The molecule has 82 valence electrons. The molecule has 0 aliphatic heterocycles. The second-order valence-corrected chi connectivity index (χ2v) is 4.63. The predicted octanol–water partition coefficient (Wildman–Crippen LogP) is 4.32. The fraction of sp³-hybridized carbons (Fsp3) is 0.429. The Balaban J connectivity index is 3.35. The first-order valence-electron chi connectivity index (χ1n) is 5.49. The van der Waals surface area contributed by atoms with Crippen LogP contribution in [0.4, 0.5) is 5.69 Å². The monoisotopic (exact) mass is 203 g/mol. The van der Waals surface area contributed by atoms with E-state index in [9.17, 15) is 0 Å². The van der Waals surface area contributed by atoms with Gasteiger partial charge in [0, 0.05) is 19.8 Å². The van der Waals surface area contributed by atoms with Crippen molar-refractivity contribution in [1.29, 1.82) is 0 Å². The molecule has 0 atom stereocenters. The van der Waals surface area contributed by atoms with Gasteiger partial charge in [-0.2, -0.15) is 0 Å². The first-order chi connectivity index (χ1) is 6.95. The highest BCUT2D eigenvalue weighted by Gasteiger charge is 2.14. The van der Waals surface area contributed by atoms with Gasteiger partial charge in [-0.05, 0) is 23.0 Å². The van der Waals surface area contributed by atoms with Gasteiger partial charge in [-0.1, -0.05) is 45.9 Å². The van der Waals surface area contributed by atoms with E-state index in [1.54, 1.807) is 4.90 Å². The Morgan fingerprint density at radius 1 is 0.933 bits per heavy atom. The second-order valence-electron chi connectivity index (χ2n) is 4.63. The van der Waals surface area contributed by atoms with E-state index in [1.165, 1.54) is 16.8 Å². The number of hydrogen-bond acceptors (Lipinski definition) is 1. The Hall–Kier alpha value is -0.980. The molecule has 1 rings (SSSR count). The summed E-state index contributed by atoms with van der Waals surface area (Å²) >= 11 is 0. The number of anilines is 1. The number of para-hydroxylation sites is 1. The van der Waals surface area contributed by atoms with Crippen LogP contribution >= 0.6 is 0 Å². The molecule has 0 heterocycles.